The summed E-state index contributed by atoms with van der Waals surface area (Å²) in [6, 6.07) is 10.9. The van der Waals surface area contributed by atoms with Crippen molar-refractivity contribution in [3.63, 3.8) is 0 Å². The monoisotopic (exact) mass is 593 g/mol. The van der Waals surface area contributed by atoms with Crippen LogP contribution in [-0.2, 0) is 15.8 Å². The Morgan fingerprint density at radius 2 is 1.74 bits per heavy atom. The highest BCUT2D eigenvalue weighted by molar-refractivity contribution is 7.91. The minimum atomic E-state index is -3.78. The molecule has 42 heavy (non-hydrogen) atoms. The van der Waals surface area contributed by atoms with Crippen molar-refractivity contribution in [3.8, 4) is 11.1 Å². The average Bonchev–Trinajstić information content (AvgIpc) is 2.94. The van der Waals surface area contributed by atoms with Crippen molar-refractivity contribution in [1.82, 2.24) is 24.4 Å². The van der Waals surface area contributed by atoms with Crippen LogP contribution in [0.5, 0.6) is 0 Å². The molecule has 1 aromatic carbocycles. The zero-order valence-electron chi connectivity index (χ0n) is 24.2. The highest BCUT2D eigenvalue weighted by Crippen LogP contribution is 2.26. The van der Waals surface area contributed by atoms with E-state index in [2.05, 4.69) is 39.0 Å². The lowest BCUT2D eigenvalue weighted by Gasteiger charge is -2.33. The summed E-state index contributed by atoms with van der Waals surface area (Å²) in [5.74, 6) is -0.136. The van der Waals surface area contributed by atoms with Crippen LogP contribution >= 0.6 is 0 Å². The molecule has 0 radical (unpaired) electrons. The number of sulfonamides is 1. The van der Waals surface area contributed by atoms with Gasteiger partial charge in [-0.2, -0.15) is 4.98 Å². The fraction of sp³-hybridized carbons (Fsp3) is 0.400. The second-order valence-electron chi connectivity index (χ2n) is 11.3. The molecule has 0 aliphatic heterocycles. The lowest BCUT2D eigenvalue weighted by atomic mass is 9.91. The van der Waals surface area contributed by atoms with E-state index >= 15 is 0 Å². The fourth-order valence-electron chi connectivity index (χ4n) is 5.40. The van der Waals surface area contributed by atoms with Crippen LogP contribution in [0.25, 0.3) is 22.2 Å². The van der Waals surface area contributed by atoms with E-state index in [4.69, 9.17) is 4.98 Å². The Morgan fingerprint density at radius 3 is 2.36 bits per heavy atom. The van der Waals surface area contributed by atoms with Crippen molar-refractivity contribution in [2.45, 2.75) is 63.4 Å². The van der Waals surface area contributed by atoms with Crippen LogP contribution < -0.4 is 15.6 Å². The first kappa shape index (κ1) is 29.6. The first-order valence-corrected chi connectivity index (χ1v) is 15.7. The minimum Gasteiger partial charge on any atom is -0.351 e. The maximum atomic E-state index is 13.7. The second-order valence-corrected chi connectivity index (χ2v) is 13.1. The standard InChI is InChI=1S/C30H36FN7O3S/c1-19(2)38-28-22(17-33-30(35-28)34-24-10-12-25(13-11-24)37(3)4)15-26(29(38)39)21-7-14-27(32-16-21)36-42(40,41)18-20-5-8-23(31)9-6-20/h5-9,14-17,19,24-25H,10-13,18H2,1-4H3,(H,32,36)(H,33,34,35)/t24-,25-. The zero-order valence-corrected chi connectivity index (χ0v) is 25.0. The molecule has 12 heteroatoms. The summed E-state index contributed by atoms with van der Waals surface area (Å²) in [6.07, 6.45) is 7.48. The molecule has 0 saturated heterocycles. The summed E-state index contributed by atoms with van der Waals surface area (Å²) in [7, 11) is 0.458. The predicted molar refractivity (Wildman–Crippen MR) is 163 cm³/mol. The molecule has 1 saturated carbocycles. The van der Waals surface area contributed by atoms with Crippen molar-refractivity contribution in [2.24, 2.45) is 0 Å². The summed E-state index contributed by atoms with van der Waals surface area (Å²) in [6.45, 7) is 3.86. The lowest BCUT2D eigenvalue weighted by Crippen LogP contribution is -2.36. The summed E-state index contributed by atoms with van der Waals surface area (Å²) >= 11 is 0. The number of fused-ring (bicyclic) bond motifs is 1. The molecule has 1 aliphatic carbocycles. The van der Waals surface area contributed by atoms with Gasteiger partial charge in [-0.05, 0) is 89.5 Å². The number of hydrogen-bond donors (Lipinski definition) is 2. The van der Waals surface area contributed by atoms with Crippen molar-refractivity contribution in [2.75, 3.05) is 24.1 Å². The third-order valence-electron chi connectivity index (χ3n) is 7.65. The molecular weight excluding hydrogens is 557 g/mol. The lowest BCUT2D eigenvalue weighted by molar-refractivity contribution is 0.221. The van der Waals surface area contributed by atoms with Crippen LogP contribution in [0.3, 0.4) is 0 Å². The van der Waals surface area contributed by atoms with Gasteiger partial charge < -0.3 is 10.2 Å². The maximum absolute atomic E-state index is 13.7. The molecule has 0 amide bonds. The van der Waals surface area contributed by atoms with Gasteiger partial charge in [0.2, 0.25) is 16.0 Å². The Bertz CT molecular complexity index is 1720. The number of halogens is 1. The number of nitrogens with zero attached hydrogens (tertiary/aromatic N) is 5. The molecule has 3 heterocycles. The third-order valence-corrected chi connectivity index (χ3v) is 8.89. The van der Waals surface area contributed by atoms with Crippen LogP contribution in [0, 0.1) is 5.82 Å². The third kappa shape index (κ3) is 6.76. The van der Waals surface area contributed by atoms with Gasteiger partial charge in [0.1, 0.15) is 17.3 Å². The largest absolute Gasteiger partial charge is 0.351 e. The van der Waals surface area contributed by atoms with Crippen LogP contribution in [0.4, 0.5) is 16.2 Å². The fourth-order valence-corrected chi connectivity index (χ4v) is 6.55. The molecule has 1 fully saturated rings. The van der Waals surface area contributed by atoms with E-state index < -0.39 is 15.8 Å². The Balaban J connectivity index is 1.37. The van der Waals surface area contributed by atoms with E-state index in [0.717, 1.165) is 25.7 Å². The first-order chi connectivity index (χ1) is 20.0. The van der Waals surface area contributed by atoms with Gasteiger partial charge in [0.05, 0.1) is 5.75 Å². The summed E-state index contributed by atoms with van der Waals surface area (Å²) in [5, 5.41) is 4.18. The molecule has 222 valence electrons. The van der Waals surface area contributed by atoms with E-state index in [9.17, 15) is 17.6 Å². The second kappa shape index (κ2) is 12.1. The normalized spacial score (nSPS) is 17.6. The molecule has 3 aromatic heterocycles. The van der Waals surface area contributed by atoms with Crippen LogP contribution in [0.2, 0.25) is 0 Å². The van der Waals surface area contributed by atoms with Crippen molar-refractivity contribution in [3.05, 3.63) is 76.6 Å². The number of pyridine rings is 2. The number of rotatable bonds is 9. The van der Waals surface area contributed by atoms with Gasteiger partial charge in [0.15, 0.2) is 0 Å². The number of anilines is 2. The maximum Gasteiger partial charge on any atom is 0.260 e. The zero-order chi connectivity index (χ0) is 30.0. The number of benzene rings is 1. The molecule has 0 spiro atoms. The SMILES string of the molecule is CC(C)n1c(=O)c(-c2ccc(NS(=O)(=O)Cc3ccc(F)cc3)nc2)cc2cnc(N[C@H]3CC[C@H](N(C)C)CC3)nc21. The first-order valence-electron chi connectivity index (χ1n) is 14.1. The molecule has 0 bridgehead atoms. The minimum absolute atomic E-state index is 0.115. The summed E-state index contributed by atoms with van der Waals surface area (Å²) in [4.78, 5) is 29.5. The molecule has 2 N–H and O–H groups in total. The van der Waals surface area contributed by atoms with E-state index in [-0.39, 0.29) is 29.2 Å². The Labute approximate surface area is 245 Å². The number of hydrogen-bond acceptors (Lipinski definition) is 8. The van der Waals surface area contributed by atoms with Gasteiger partial charge in [-0.15, -0.1) is 0 Å². The molecule has 1 aliphatic rings. The molecule has 4 aromatic rings. The molecule has 0 atom stereocenters. The predicted octanol–water partition coefficient (Wildman–Crippen LogP) is 4.80. The molecule has 10 nitrogen and oxygen atoms in total. The van der Waals surface area contributed by atoms with Crippen molar-refractivity contribution >= 4 is 32.8 Å². The van der Waals surface area contributed by atoms with Crippen molar-refractivity contribution < 1.29 is 12.8 Å². The molecular formula is C30H36FN7O3S. The average molecular weight is 594 g/mol. The van der Waals surface area contributed by atoms with Gasteiger partial charge in [-0.1, -0.05) is 12.1 Å². The van der Waals surface area contributed by atoms with E-state index in [1.54, 1.807) is 22.9 Å². The molecule has 0 unspecified atom stereocenters. The van der Waals surface area contributed by atoms with Crippen LogP contribution in [0.1, 0.15) is 51.1 Å². The van der Waals surface area contributed by atoms with Gasteiger partial charge in [0, 0.05) is 47.0 Å². The quantitative estimate of drug-likeness (QED) is 0.284. The van der Waals surface area contributed by atoms with Crippen LogP contribution in [-0.4, -0.2) is 59.0 Å². The van der Waals surface area contributed by atoms with Crippen LogP contribution in [0.15, 0.2) is 59.7 Å². The molecule has 5 rings (SSSR count). The van der Waals surface area contributed by atoms with Gasteiger partial charge in [-0.3, -0.25) is 14.1 Å². The highest BCUT2D eigenvalue weighted by Gasteiger charge is 2.23. The topological polar surface area (TPSA) is 122 Å². The van der Waals surface area contributed by atoms with Gasteiger partial charge in [-0.25, -0.2) is 22.8 Å². The smallest absolute Gasteiger partial charge is 0.260 e. The Kier molecular flexibility index (Phi) is 8.55. The van der Waals surface area contributed by atoms with E-state index in [1.165, 1.54) is 36.5 Å². The van der Waals surface area contributed by atoms with E-state index in [0.29, 0.717) is 39.7 Å². The van der Waals surface area contributed by atoms with Crippen molar-refractivity contribution in [1.29, 1.82) is 0 Å². The van der Waals surface area contributed by atoms with Gasteiger partial charge >= 0.3 is 0 Å². The summed E-state index contributed by atoms with van der Waals surface area (Å²) in [5.41, 5.74) is 1.73. The summed E-state index contributed by atoms with van der Waals surface area (Å²) < 4.78 is 42.5. The number of aromatic nitrogens is 4. The highest BCUT2D eigenvalue weighted by atomic mass is 32.2. The number of nitrogens with one attached hydrogen (secondary N) is 2. The Morgan fingerprint density at radius 1 is 1.02 bits per heavy atom. The van der Waals surface area contributed by atoms with E-state index in [1.807, 2.05) is 13.8 Å². The Hall–Kier alpha value is -3.90. The van der Waals surface area contributed by atoms with Gasteiger partial charge in [0.25, 0.3) is 5.56 Å².